The first-order chi connectivity index (χ1) is 9.54. The van der Waals surface area contributed by atoms with Crippen LogP contribution < -0.4 is 0 Å². The molecule has 0 fully saturated rings. The predicted molar refractivity (Wildman–Crippen MR) is 81.3 cm³/mol. The fourth-order valence-electron chi connectivity index (χ4n) is 2.06. The van der Waals surface area contributed by atoms with Crippen LogP contribution in [-0.2, 0) is 0 Å². The van der Waals surface area contributed by atoms with Gasteiger partial charge in [-0.2, -0.15) is 0 Å². The number of carbonyl (C=O) groups is 1. The number of halogens is 2. The van der Waals surface area contributed by atoms with Crippen LogP contribution in [-0.4, -0.2) is 11.1 Å². The second-order valence-corrected chi connectivity index (χ2v) is 5.64. The van der Waals surface area contributed by atoms with Crippen molar-refractivity contribution in [1.82, 2.24) is 0 Å². The van der Waals surface area contributed by atoms with E-state index in [0.717, 1.165) is 5.39 Å². The lowest BCUT2D eigenvalue weighted by Crippen LogP contribution is -1.98. The highest BCUT2D eigenvalue weighted by Gasteiger charge is 2.15. The first kappa shape index (κ1) is 13.2. The number of aromatic carboxylic acids is 1. The number of rotatable bonds is 2. The molecule has 0 aliphatic heterocycles. The summed E-state index contributed by atoms with van der Waals surface area (Å²) in [6.45, 7) is 0. The summed E-state index contributed by atoms with van der Waals surface area (Å²) in [5.41, 5.74) is 1.39. The van der Waals surface area contributed by atoms with Crippen molar-refractivity contribution in [2.75, 3.05) is 0 Å². The van der Waals surface area contributed by atoms with Crippen LogP contribution in [0.2, 0.25) is 5.02 Å². The largest absolute Gasteiger partial charge is 0.478 e. The third kappa shape index (κ3) is 2.32. The smallest absolute Gasteiger partial charge is 0.336 e. The first-order valence-corrected chi connectivity index (χ1v) is 6.94. The van der Waals surface area contributed by atoms with E-state index in [-0.39, 0.29) is 5.56 Å². The Kier molecular flexibility index (Phi) is 3.28. The summed E-state index contributed by atoms with van der Waals surface area (Å²) >= 11 is 9.20. The van der Waals surface area contributed by atoms with Gasteiger partial charge in [-0.25, -0.2) is 4.79 Å². The lowest BCUT2D eigenvalue weighted by molar-refractivity contribution is 0.0697. The Bertz CT molecular complexity index is 823. The average molecular weight is 352 g/mol. The van der Waals surface area contributed by atoms with E-state index in [9.17, 15) is 9.90 Å². The van der Waals surface area contributed by atoms with Crippen molar-refractivity contribution in [1.29, 1.82) is 0 Å². The van der Waals surface area contributed by atoms with Crippen molar-refractivity contribution in [2.45, 2.75) is 0 Å². The summed E-state index contributed by atoms with van der Waals surface area (Å²) in [6.07, 6.45) is 0. The van der Waals surface area contributed by atoms with Crippen molar-refractivity contribution in [3.05, 3.63) is 57.5 Å². The molecule has 0 unspecified atom stereocenters. The minimum atomic E-state index is -1.00. The molecule has 0 bridgehead atoms. The molecule has 1 N–H and O–H groups in total. The van der Waals surface area contributed by atoms with E-state index in [1.807, 2.05) is 0 Å². The van der Waals surface area contributed by atoms with Crippen LogP contribution in [0.1, 0.15) is 10.4 Å². The molecule has 3 rings (SSSR count). The van der Waals surface area contributed by atoms with Crippen LogP contribution in [0.15, 0.2) is 51.4 Å². The maximum atomic E-state index is 11.3. The van der Waals surface area contributed by atoms with Crippen LogP contribution in [0.25, 0.3) is 22.3 Å². The first-order valence-electron chi connectivity index (χ1n) is 5.77. The molecule has 3 aromatic rings. The Hall–Kier alpha value is -1.78. The summed E-state index contributed by atoms with van der Waals surface area (Å²) in [5.74, 6) is -0.494. The highest BCUT2D eigenvalue weighted by atomic mass is 79.9. The lowest BCUT2D eigenvalue weighted by Gasteiger charge is -2.03. The Balaban J connectivity index is 2.22. The second kappa shape index (κ2) is 4.96. The third-order valence-corrected chi connectivity index (χ3v) is 3.68. The normalized spacial score (nSPS) is 10.9. The average Bonchev–Trinajstić information content (AvgIpc) is 2.81. The second-order valence-electron chi connectivity index (χ2n) is 4.29. The van der Waals surface area contributed by atoms with E-state index in [0.29, 0.717) is 26.4 Å². The van der Waals surface area contributed by atoms with Crippen LogP contribution in [0.4, 0.5) is 0 Å². The van der Waals surface area contributed by atoms with E-state index in [4.69, 9.17) is 16.0 Å². The van der Waals surface area contributed by atoms with Gasteiger partial charge in [0.1, 0.15) is 11.3 Å². The predicted octanol–water partition coefficient (Wildman–Crippen LogP) is 5.21. The van der Waals surface area contributed by atoms with Gasteiger partial charge in [-0.15, -0.1) is 0 Å². The summed E-state index contributed by atoms with van der Waals surface area (Å²) in [6, 6.07) is 12.1. The number of furan rings is 1. The number of hydrogen-bond acceptors (Lipinski definition) is 2. The zero-order valence-electron chi connectivity index (χ0n) is 10.1. The van der Waals surface area contributed by atoms with Crippen LogP contribution in [0.5, 0.6) is 0 Å². The molecule has 20 heavy (non-hydrogen) atoms. The van der Waals surface area contributed by atoms with Crippen molar-refractivity contribution < 1.29 is 14.3 Å². The molecule has 100 valence electrons. The molecule has 1 aromatic heterocycles. The van der Waals surface area contributed by atoms with E-state index < -0.39 is 5.97 Å². The van der Waals surface area contributed by atoms with E-state index in [1.54, 1.807) is 42.5 Å². The standard InChI is InChI=1S/C15H8BrClO3/c16-9-1-3-11(12(7-9)15(18)19)14-6-8-5-10(17)2-4-13(8)20-14/h1-7H,(H,18,19). The molecular weight excluding hydrogens is 344 g/mol. The van der Waals surface area contributed by atoms with E-state index in [1.165, 1.54) is 0 Å². The molecule has 0 aliphatic carbocycles. The SMILES string of the molecule is O=C(O)c1cc(Br)ccc1-c1cc2cc(Cl)ccc2o1. The molecule has 5 heteroatoms. The maximum Gasteiger partial charge on any atom is 0.336 e. The maximum absolute atomic E-state index is 11.3. The Morgan fingerprint density at radius 2 is 1.95 bits per heavy atom. The number of benzene rings is 2. The molecule has 1 heterocycles. The van der Waals surface area contributed by atoms with Gasteiger partial charge in [0.15, 0.2) is 0 Å². The van der Waals surface area contributed by atoms with Crippen molar-refractivity contribution in [3.8, 4) is 11.3 Å². The summed E-state index contributed by atoms with van der Waals surface area (Å²) < 4.78 is 6.41. The van der Waals surface area contributed by atoms with Gasteiger partial charge in [-0.05, 0) is 42.5 Å². The van der Waals surface area contributed by atoms with Crippen LogP contribution in [0, 0.1) is 0 Å². The number of carboxylic acid groups (broad SMARTS) is 1. The molecule has 0 saturated carbocycles. The zero-order valence-corrected chi connectivity index (χ0v) is 12.4. The van der Waals surface area contributed by atoms with E-state index >= 15 is 0 Å². The van der Waals surface area contributed by atoms with Gasteiger partial charge in [-0.3, -0.25) is 0 Å². The Morgan fingerprint density at radius 1 is 1.15 bits per heavy atom. The molecule has 0 saturated heterocycles. The fraction of sp³-hybridized carbons (Fsp3) is 0. The minimum Gasteiger partial charge on any atom is -0.478 e. The monoisotopic (exact) mass is 350 g/mol. The topological polar surface area (TPSA) is 50.4 Å². The lowest BCUT2D eigenvalue weighted by atomic mass is 10.1. The van der Waals surface area contributed by atoms with Gasteiger partial charge in [0.25, 0.3) is 0 Å². The number of hydrogen-bond donors (Lipinski definition) is 1. The summed E-state index contributed by atoms with van der Waals surface area (Å²) in [7, 11) is 0. The van der Waals surface area contributed by atoms with Crippen molar-refractivity contribution >= 4 is 44.5 Å². The molecule has 0 aliphatic rings. The van der Waals surface area contributed by atoms with Crippen LogP contribution in [0.3, 0.4) is 0 Å². The molecule has 0 atom stereocenters. The highest BCUT2D eigenvalue weighted by Crippen LogP contribution is 2.32. The van der Waals surface area contributed by atoms with Crippen molar-refractivity contribution in [3.63, 3.8) is 0 Å². The van der Waals surface area contributed by atoms with E-state index in [2.05, 4.69) is 15.9 Å². The quantitative estimate of drug-likeness (QED) is 0.689. The zero-order chi connectivity index (χ0) is 14.3. The number of carboxylic acids is 1. The summed E-state index contributed by atoms with van der Waals surface area (Å²) in [5, 5.41) is 10.7. The fourth-order valence-corrected chi connectivity index (χ4v) is 2.60. The molecule has 0 amide bonds. The minimum absolute atomic E-state index is 0.185. The van der Waals surface area contributed by atoms with Crippen molar-refractivity contribution in [2.24, 2.45) is 0 Å². The molecule has 2 aromatic carbocycles. The third-order valence-electron chi connectivity index (χ3n) is 2.96. The van der Waals surface area contributed by atoms with Gasteiger partial charge >= 0.3 is 5.97 Å². The highest BCUT2D eigenvalue weighted by molar-refractivity contribution is 9.10. The van der Waals surface area contributed by atoms with Gasteiger partial charge in [-0.1, -0.05) is 27.5 Å². The Morgan fingerprint density at radius 3 is 2.70 bits per heavy atom. The van der Waals surface area contributed by atoms with Gasteiger partial charge in [0, 0.05) is 20.4 Å². The summed E-state index contributed by atoms with van der Waals surface area (Å²) in [4.78, 5) is 11.3. The molecular formula is C15H8BrClO3. The van der Waals surface area contributed by atoms with Gasteiger partial charge < -0.3 is 9.52 Å². The van der Waals surface area contributed by atoms with Gasteiger partial charge in [0.05, 0.1) is 5.56 Å². The molecule has 3 nitrogen and oxygen atoms in total. The van der Waals surface area contributed by atoms with Crippen LogP contribution >= 0.6 is 27.5 Å². The van der Waals surface area contributed by atoms with Gasteiger partial charge in [0.2, 0.25) is 0 Å². The molecule has 0 spiro atoms. The number of fused-ring (bicyclic) bond motifs is 1. The molecule has 0 radical (unpaired) electrons. The Labute approximate surface area is 127 Å².